The average Bonchev–Trinajstić information content (AvgIpc) is 3.40. The van der Waals surface area contributed by atoms with Gasteiger partial charge in [-0.1, -0.05) is 61.8 Å². The van der Waals surface area contributed by atoms with Gasteiger partial charge >= 0.3 is 7.82 Å². The monoisotopic (exact) mass is 465 g/mol. The zero-order valence-electron chi connectivity index (χ0n) is 17.6. The number of hydrogen-bond donors (Lipinski definition) is 3. The highest BCUT2D eigenvalue weighted by Gasteiger charge is 2.30. The molecule has 31 heavy (non-hydrogen) atoms. The van der Waals surface area contributed by atoms with Gasteiger partial charge in [0.25, 0.3) is 0 Å². The van der Waals surface area contributed by atoms with E-state index in [0.29, 0.717) is 10.0 Å². The number of hydrogen-bond acceptors (Lipinski definition) is 7. The molecule has 0 radical (unpaired) electrons. The summed E-state index contributed by atoms with van der Waals surface area (Å²) in [5.41, 5.74) is 7.96. The number of aromatic nitrogens is 4. The Morgan fingerprint density at radius 3 is 2.52 bits per heavy atom. The Labute approximate surface area is 185 Å². The molecule has 9 nitrogen and oxygen atoms in total. The molecule has 0 unspecified atom stereocenters. The van der Waals surface area contributed by atoms with E-state index in [1.54, 1.807) is 6.92 Å². The van der Waals surface area contributed by atoms with Gasteiger partial charge in [-0.15, -0.1) is 10.2 Å². The minimum Gasteiger partial charge on any atom is -0.318 e. The van der Waals surface area contributed by atoms with E-state index in [-0.39, 0.29) is 6.61 Å². The molecule has 1 aromatic carbocycles. The van der Waals surface area contributed by atoms with Crippen LogP contribution in [0.5, 0.6) is 0 Å². The zero-order chi connectivity index (χ0) is 22.5. The number of nitrogens with two attached hydrogens (primary N) is 1. The van der Waals surface area contributed by atoms with Gasteiger partial charge in [0.1, 0.15) is 10.0 Å². The number of unbranched alkanes of at least 4 members (excludes halogenated alkanes) is 3. The third-order valence-electron chi connectivity index (χ3n) is 4.79. The molecule has 0 aliphatic carbocycles. The van der Waals surface area contributed by atoms with Crippen LogP contribution in [0.3, 0.4) is 0 Å². The first-order chi connectivity index (χ1) is 14.7. The zero-order valence-corrected chi connectivity index (χ0v) is 19.4. The van der Waals surface area contributed by atoms with Crippen LogP contribution in [0.25, 0.3) is 21.7 Å². The first-order valence-electron chi connectivity index (χ1n) is 10.1. The number of rotatable bonds is 11. The van der Waals surface area contributed by atoms with Crippen LogP contribution < -0.4 is 5.73 Å². The highest BCUT2D eigenvalue weighted by atomic mass is 32.1. The molecule has 2 heterocycles. The minimum absolute atomic E-state index is 0.368. The van der Waals surface area contributed by atoms with Crippen LogP contribution in [0.4, 0.5) is 0 Å². The molecule has 168 valence electrons. The van der Waals surface area contributed by atoms with Crippen LogP contribution in [-0.2, 0) is 21.2 Å². The predicted molar refractivity (Wildman–Crippen MR) is 120 cm³/mol. The van der Waals surface area contributed by atoms with Crippen molar-refractivity contribution in [3.05, 3.63) is 41.7 Å². The van der Waals surface area contributed by atoms with Crippen molar-refractivity contribution in [2.24, 2.45) is 5.73 Å². The number of aryl methyl sites for hydroxylation is 1. The van der Waals surface area contributed by atoms with Crippen molar-refractivity contribution in [3.8, 4) is 21.7 Å². The van der Waals surface area contributed by atoms with Crippen LogP contribution in [0.15, 0.2) is 36.7 Å². The summed E-state index contributed by atoms with van der Waals surface area (Å²) < 4.78 is 17.5. The van der Waals surface area contributed by atoms with E-state index in [1.807, 2.05) is 35.1 Å². The summed E-state index contributed by atoms with van der Waals surface area (Å²) in [6.45, 7) is 4.35. The number of nitrogens with zero attached hydrogens (tertiary/aromatic N) is 4. The lowest BCUT2D eigenvalue weighted by atomic mass is 10.1. The van der Waals surface area contributed by atoms with Gasteiger partial charge in [0.2, 0.25) is 0 Å². The third kappa shape index (κ3) is 6.77. The molecule has 0 saturated carbocycles. The molecule has 0 spiro atoms. The molecular weight excluding hydrogens is 437 g/mol. The smallest absolute Gasteiger partial charge is 0.318 e. The number of phosphoric ester groups is 1. The second-order valence-electron chi connectivity index (χ2n) is 7.72. The van der Waals surface area contributed by atoms with E-state index in [9.17, 15) is 4.57 Å². The molecule has 2 aromatic heterocycles. The first-order valence-corrected chi connectivity index (χ1v) is 12.5. The van der Waals surface area contributed by atoms with Gasteiger partial charge in [-0.2, -0.15) is 5.10 Å². The van der Waals surface area contributed by atoms with Gasteiger partial charge in [-0.25, -0.2) is 4.57 Å². The molecule has 0 aliphatic rings. The molecule has 1 atom stereocenters. The minimum atomic E-state index is -4.61. The Kier molecular flexibility index (Phi) is 7.74. The van der Waals surface area contributed by atoms with Gasteiger partial charge < -0.3 is 15.5 Å². The standard InChI is InChI=1S/C20H28N5O4PS/c1-3-4-5-6-11-25-13-17(12-22-25)15-7-9-16(10-8-15)18-23-24-19(31-18)20(2,21)14-29-30(26,27)28/h7-10,12-13H,3-6,11,14,21H2,1-2H3,(H2,26,27,28)/t20-/m0/s1. The molecule has 4 N–H and O–H groups in total. The largest absolute Gasteiger partial charge is 0.469 e. The van der Waals surface area contributed by atoms with E-state index < -0.39 is 13.4 Å². The van der Waals surface area contributed by atoms with E-state index in [1.165, 1.54) is 30.6 Å². The number of benzene rings is 1. The van der Waals surface area contributed by atoms with Crippen molar-refractivity contribution >= 4 is 19.2 Å². The summed E-state index contributed by atoms with van der Waals surface area (Å²) in [5, 5.41) is 13.8. The maximum absolute atomic E-state index is 10.9. The molecule has 0 aliphatic heterocycles. The number of phosphoric acid groups is 1. The lowest BCUT2D eigenvalue weighted by molar-refractivity contribution is 0.158. The third-order valence-corrected chi connectivity index (χ3v) is 6.50. The van der Waals surface area contributed by atoms with Crippen LogP contribution in [0.2, 0.25) is 0 Å². The maximum atomic E-state index is 10.9. The molecule has 0 amide bonds. The van der Waals surface area contributed by atoms with Crippen molar-refractivity contribution in [2.45, 2.75) is 51.6 Å². The first kappa shape index (κ1) is 23.7. The van der Waals surface area contributed by atoms with Crippen LogP contribution >= 0.6 is 19.2 Å². The Hall–Kier alpha value is -1.94. The van der Waals surface area contributed by atoms with E-state index in [4.69, 9.17) is 15.5 Å². The Balaban J connectivity index is 1.66. The lowest BCUT2D eigenvalue weighted by Gasteiger charge is -2.21. The van der Waals surface area contributed by atoms with E-state index >= 15 is 0 Å². The van der Waals surface area contributed by atoms with Gasteiger partial charge in [0.15, 0.2) is 0 Å². The fourth-order valence-electron chi connectivity index (χ4n) is 2.99. The molecular formula is C20H28N5O4PS. The highest BCUT2D eigenvalue weighted by molar-refractivity contribution is 7.46. The molecule has 11 heteroatoms. The van der Waals surface area contributed by atoms with Gasteiger partial charge in [0.05, 0.1) is 18.3 Å². The summed E-state index contributed by atoms with van der Waals surface area (Å²) in [5.74, 6) is 0. The Morgan fingerprint density at radius 1 is 1.13 bits per heavy atom. The predicted octanol–water partition coefficient (Wildman–Crippen LogP) is 3.93. The topological polar surface area (TPSA) is 136 Å². The summed E-state index contributed by atoms with van der Waals surface area (Å²) >= 11 is 1.27. The van der Waals surface area contributed by atoms with Crippen molar-refractivity contribution in [2.75, 3.05) is 6.61 Å². The van der Waals surface area contributed by atoms with Crippen molar-refractivity contribution in [1.29, 1.82) is 0 Å². The van der Waals surface area contributed by atoms with Crippen LogP contribution in [-0.4, -0.2) is 36.4 Å². The van der Waals surface area contributed by atoms with Gasteiger partial charge in [-0.05, 0) is 18.9 Å². The second-order valence-corrected chi connectivity index (χ2v) is 9.94. The summed E-state index contributed by atoms with van der Waals surface area (Å²) in [6.07, 6.45) is 8.76. The SMILES string of the molecule is CCCCCCn1cc(-c2ccc(-c3nnc([C@@](C)(N)COP(=O)(O)O)s3)cc2)cn1. The summed E-state index contributed by atoms with van der Waals surface area (Å²) in [6, 6.07) is 7.93. The molecule has 0 fully saturated rings. The fraction of sp³-hybridized carbons (Fsp3) is 0.450. The van der Waals surface area contributed by atoms with E-state index in [2.05, 4.69) is 32.9 Å². The van der Waals surface area contributed by atoms with Crippen molar-refractivity contribution in [1.82, 2.24) is 20.0 Å². The van der Waals surface area contributed by atoms with E-state index in [0.717, 1.165) is 29.7 Å². The quantitative estimate of drug-likeness (QED) is 0.286. The van der Waals surface area contributed by atoms with Crippen molar-refractivity contribution < 1.29 is 18.9 Å². The normalized spacial score (nSPS) is 14.0. The van der Waals surface area contributed by atoms with Crippen molar-refractivity contribution in [3.63, 3.8) is 0 Å². The lowest BCUT2D eigenvalue weighted by Crippen LogP contribution is -2.37. The summed E-state index contributed by atoms with van der Waals surface area (Å²) in [7, 11) is -4.61. The molecule has 0 bridgehead atoms. The van der Waals surface area contributed by atoms with Gasteiger partial charge in [-0.3, -0.25) is 9.21 Å². The Bertz CT molecular complexity index is 1030. The maximum Gasteiger partial charge on any atom is 0.469 e. The second kappa shape index (κ2) is 10.1. The molecule has 3 rings (SSSR count). The van der Waals surface area contributed by atoms with Gasteiger partial charge in [0, 0.05) is 23.9 Å². The molecule has 0 saturated heterocycles. The summed E-state index contributed by atoms with van der Waals surface area (Å²) in [4.78, 5) is 17.8. The fourth-order valence-corrected chi connectivity index (χ4v) is 4.32. The van der Waals surface area contributed by atoms with Crippen LogP contribution in [0, 0.1) is 0 Å². The van der Waals surface area contributed by atoms with Crippen LogP contribution in [0.1, 0.15) is 44.5 Å². The molecule has 3 aromatic rings. The Morgan fingerprint density at radius 2 is 1.84 bits per heavy atom. The average molecular weight is 466 g/mol. The highest BCUT2D eigenvalue weighted by Crippen LogP contribution is 2.38.